The van der Waals surface area contributed by atoms with Gasteiger partial charge < -0.3 is 9.64 Å². The third-order valence-electron chi connectivity index (χ3n) is 1.61. The third kappa shape index (κ3) is 4.13. The molecule has 1 aromatic rings. The van der Waals surface area contributed by atoms with E-state index in [-0.39, 0.29) is 0 Å². The molecule has 0 saturated heterocycles. The molecule has 0 heterocycles. The summed E-state index contributed by atoms with van der Waals surface area (Å²) in [6, 6.07) is 4.67. The first-order chi connectivity index (χ1) is 7.49. The minimum Gasteiger partial charge on any atom is -0.422 e. The molecule has 0 fully saturated rings. The normalized spacial score (nSPS) is 10.5. The Bertz CT molecular complexity index is 416. The van der Waals surface area contributed by atoms with E-state index in [1.165, 1.54) is 12.1 Å². The van der Waals surface area contributed by atoms with E-state index in [1.807, 2.05) is 0 Å². The molecule has 1 aromatic carbocycles. The molecule has 16 heavy (non-hydrogen) atoms. The number of hydrogen-bond acceptors (Lipinski definition) is 3. The molecular weight excluding hydrogens is 249 g/mol. The van der Waals surface area contributed by atoms with Crippen molar-refractivity contribution in [2.45, 2.75) is 0 Å². The molecule has 0 spiro atoms. The van der Waals surface area contributed by atoms with E-state index in [1.54, 1.807) is 37.3 Å². The average molecular weight is 260 g/mol. The van der Waals surface area contributed by atoms with Crippen LogP contribution in [0.15, 0.2) is 30.5 Å². The van der Waals surface area contributed by atoms with Gasteiger partial charge >= 0.3 is 5.97 Å². The Labute approximate surface area is 104 Å². The highest BCUT2D eigenvalue weighted by Crippen LogP contribution is 2.27. The summed E-state index contributed by atoms with van der Waals surface area (Å²) in [7, 11) is 3.61. The lowest BCUT2D eigenvalue weighted by molar-refractivity contribution is -0.129. The summed E-state index contributed by atoms with van der Waals surface area (Å²) < 4.78 is 5.01. The molecule has 0 saturated carbocycles. The Morgan fingerprint density at radius 3 is 2.62 bits per heavy atom. The molecular formula is C11H11Cl2NO2. The van der Waals surface area contributed by atoms with Gasteiger partial charge in [-0.2, -0.15) is 0 Å². The maximum absolute atomic E-state index is 11.3. The molecule has 0 unspecified atom stereocenters. The topological polar surface area (TPSA) is 29.5 Å². The van der Waals surface area contributed by atoms with Gasteiger partial charge in [-0.25, -0.2) is 4.79 Å². The Balaban J connectivity index is 2.70. The van der Waals surface area contributed by atoms with Crippen LogP contribution in [0.1, 0.15) is 0 Å². The van der Waals surface area contributed by atoms with Crippen LogP contribution in [0.25, 0.3) is 0 Å². The highest BCUT2D eigenvalue weighted by atomic mass is 35.5. The van der Waals surface area contributed by atoms with Crippen LogP contribution in [0.5, 0.6) is 5.75 Å². The van der Waals surface area contributed by atoms with Gasteiger partial charge in [-0.1, -0.05) is 23.2 Å². The minimum atomic E-state index is -0.488. The lowest BCUT2D eigenvalue weighted by Gasteiger charge is -2.05. The molecule has 0 bridgehead atoms. The monoisotopic (exact) mass is 259 g/mol. The molecule has 0 atom stereocenters. The van der Waals surface area contributed by atoms with Gasteiger partial charge in [0.25, 0.3) is 0 Å². The van der Waals surface area contributed by atoms with E-state index < -0.39 is 5.97 Å². The number of benzene rings is 1. The average Bonchev–Trinajstić information content (AvgIpc) is 2.19. The summed E-state index contributed by atoms with van der Waals surface area (Å²) in [6.07, 6.45) is 2.90. The van der Waals surface area contributed by atoms with Gasteiger partial charge in [0.15, 0.2) is 0 Å². The number of halogens is 2. The van der Waals surface area contributed by atoms with Crippen LogP contribution < -0.4 is 4.74 Å². The van der Waals surface area contributed by atoms with E-state index in [9.17, 15) is 4.79 Å². The van der Waals surface area contributed by atoms with Crippen molar-refractivity contribution in [3.63, 3.8) is 0 Å². The van der Waals surface area contributed by atoms with Gasteiger partial charge in [0.05, 0.1) is 5.02 Å². The number of carbonyl (C=O) groups excluding carboxylic acids is 1. The number of carbonyl (C=O) groups is 1. The lowest BCUT2D eigenvalue weighted by atomic mass is 10.3. The molecule has 0 aliphatic carbocycles. The zero-order chi connectivity index (χ0) is 12.1. The number of esters is 1. The zero-order valence-electron chi connectivity index (χ0n) is 8.91. The van der Waals surface area contributed by atoms with Gasteiger partial charge in [0, 0.05) is 31.4 Å². The van der Waals surface area contributed by atoms with E-state index >= 15 is 0 Å². The summed E-state index contributed by atoms with van der Waals surface area (Å²) in [5, 5.41) is 0.799. The molecule has 0 aromatic heterocycles. The van der Waals surface area contributed by atoms with Crippen LogP contribution in [0, 0.1) is 0 Å². The van der Waals surface area contributed by atoms with E-state index in [2.05, 4.69) is 0 Å². The largest absolute Gasteiger partial charge is 0.422 e. The SMILES string of the molecule is CN(C)/C=C/C(=O)Oc1ccc(Cl)cc1Cl. The summed E-state index contributed by atoms with van der Waals surface area (Å²) in [5.74, 6) is -0.197. The van der Waals surface area contributed by atoms with Crippen LogP contribution in [0.4, 0.5) is 0 Å². The fraction of sp³-hybridized carbons (Fsp3) is 0.182. The number of ether oxygens (including phenoxy) is 1. The van der Waals surface area contributed by atoms with Gasteiger partial charge in [-0.3, -0.25) is 0 Å². The van der Waals surface area contributed by atoms with Gasteiger partial charge in [-0.15, -0.1) is 0 Å². The predicted molar refractivity (Wildman–Crippen MR) is 64.9 cm³/mol. The molecule has 3 nitrogen and oxygen atoms in total. The first kappa shape index (κ1) is 12.9. The third-order valence-corrected chi connectivity index (χ3v) is 2.14. The second-order valence-electron chi connectivity index (χ2n) is 3.28. The van der Waals surface area contributed by atoms with E-state index in [0.29, 0.717) is 15.8 Å². The molecule has 0 N–H and O–H groups in total. The Kier molecular flexibility index (Phi) is 4.65. The molecule has 0 amide bonds. The van der Waals surface area contributed by atoms with Crippen LogP contribution in [0.3, 0.4) is 0 Å². The molecule has 86 valence electrons. The first-order valence-corrected chi connectivity index (χ1v) is 5.26. The zero-order valence-corrected chi connectivity index (χ0v) is 10.4. The molecule has 0 aliphatic rings. The van der Waals surface area contributed by atoms with Crippen LogP contribution in [-0.2, 0) is 4.79 Å². The Hall–Kier alpha value is -1.19. The van der Waals surface area contributed by atoms with Crippen LogP contribution in [0.2, 0.25) is 10.0 Å². The van der Waals surface area contributed by atoms with Crippen LogP contribution >= 0.6 is 23.2 Å². The summed E-state index contributed by atoms with van der Waals surface area (Å²) in [5.41, 5.74) is 0. The Morgan fingerprint density at radius 2 is 2.06 bits per heavy atom. The summed E-state index contributed by atoms with van der Waals surface area (Å²) in [4.78, 5) is 13.1. The van der Waals surface area contributed by atoms with Crippen molar-refractivity contribution in [2.75, 3.05) is 14.1 Å². The summed E-state index contributed by atoms with van der Waals surface area (Å²) in [6.45, 7) is 0. The van der Waals surface area contributed by atoms with Gasteiger partial charge in [0.1, 0.15) is 5.75 Å². The molecule has 0 aliphatic heterocycles. The summed E-state index contributed by atoms with van der Waals surface area (Å²) >= 11 is 11.6. The highest BCUT2D eigenvalue weighted by molar-refractivity contribution is 6.35. The second kappa shape index (κ2) is 5.77. The van der Waals surface area contributed by atoms with E-state index in [0.717, 1.165) is 0 Å². The van der Waals surface area contributed by atoms with Crippen molar-refractivity contribution in [1.29, 1.82) is 0 Å². The van der Waals surface area contributed by atoms with Crippen molar-refractivity contribution in [1.82, 2.24) is 4.90 Å². The van der Waals surface area contributed by atoms with Crippen molar-refractivity contribution in [3.05, 3.63) is 40.5 Å². The Morgan fingerprint density at radius 1 is 1.38 bits per heavy atom. The van der Waals surface area contributed by atoms with Crippen LogP contribution in [-0.4, -0.2) is 25.0 Å². The molecule has 1 rings (SSSR count). The second-order valence-corrected chi connectivity index (χ2v) is 4.12. The number of rotatable bonds is 3. The van der Waals surface area contributed by atoms with Crippen molar-refractivity contribution >= 4 is 29.2 Å². The maximum atomic E-state index is 11.3. The standard InChI is InChI=1S/C11H11Cl2NO2/c1-14(2)6-5-11(15)16-10-4-3-8(12)7-9(10)13/h3-7H,1-2H3/b6-5+. The smallest absolute Gasteiger partial charge is 0.337 e. The van der Waals surface area contributed by atoms with E-state index in [4.69, 9.17) is 27.9 Å². The molecule has 0 radical (unpaired) electrons. The maximum Gasteiger partial charge on any atom is 0.337 e. The quantitative estimate of drug-likeness (QED) is 0.475. The fourth-order valence-electron chi connectivity index (χ4n) is 0.910. The molecule has 5 heteroatoms. The van der Waals surface area contributed by atoms with Gasteiger partial charge in [0.2, 0.25) is 0 Å². The van der Waals surface area contributed by atoms with Gasteiger partial charge in [-0.05, 0) is 18.2 Å². The van der Waals surface area contributed by atoms with Crippen molar-refractivity contribution < 1.29 is 9.53 Å². The minimum absolute atomic E-state index is 0.291. The predicted octanol–water partition coefficient (Wildman–Crippen LogP) is 2.97. The number of hydrogen-bond donors (Lipinski definition) is 0. The van der Waals surface area contributed by atoms with Crippen molar-refractivity contribution in [3.8, 4) is 5.75 Å². The van der Waals surface area contributed by atoms with Crippen molar-refractivity contribution in [2.24, 2.45) is 0 Å². The number of nitrogens with zero attached hydrogens (tertiary/aromatic N) is 1. The lowest BCUT2D eigenvalue weighted by Crippen LogP contribution is -2.07. The first-order valence-electron chi connectivity index (χ1n) is 4.50. The fourth-order valence-corrected chi connectivity index (χ4v) is 1.36. The highest BCUT2D eigenvalue weighted by Gasteiger charge is 2.05.